The van der Waals surface area contributed by atoms with Crippen LogP contribution in [0.3, 0.4) is 0 Å². The van der Waals surface area contributed by atoms with Crippen LogP contribution in [-0.2, 0) is 4.74 Å². The minimum absolute atomic E-state index is 0.187. The van der Waals surface area contributed by atoms with Gasteiger partial charge in [0.15, 0.2) is 17.7 Å². The molecule has 0 unspecified atom stereocenters. The quantitative estimate of drug-likeness (QED) is 0.496. The molecular formula is C10H12BrN5O4. The highest BCUT2D eigenvalue weighted by Gasteiger charge is 2.44. The Morgan fingerprint density at radius 3 is 2.75 bits per heavy atom. The Hall–Kier alpha value is -1.33. The Morgan fingerprint density at radius 2 is 2.10 bits per heavy atom. The zero-order valence-corrected chi connectivity index (χ0v) is 11.7. The number of fused-ring (bicyclic) bond motifs is 1. The third-order valence-electron chi connectivity index (χ3n) is 3.21. The first kappa shape index (κ1) is 13.6. The number of hydrogen-bond donors (Lipinski definition) is 4. The maximum Gasteiger partial charge on any atom is 0.200 e. The van der Waals surface area contributed by atoms with E-state index in [-0.39, 0.29) is 10.6 Å². The fourth-order valence-corrected chi connectivity index (χ4v) is 2.57. The van der Waals surface area contributed by atoms with Crippen LogP contribution in [0.15, 0.2) is 11.1 Å². The molecule has 9 nitrogen and oxygen atoms in total. The molecule has 3 rings (SSSR count). The summed E-state index contributed by atoms with van der Waals surface area (Å²) in [5, 5.41) is 28.9. The molecule has 0 amide bonds. The van der Waals surface area contributed by atoms with E-state index in [1.807, 2.05) is 0 Å². The molecule has 1 fully saturated rings. The van der Waals surface area contributed by atoms with Crippen molar-refractivity contribution in [3.8, 4) is 0 Å². The molecule has 1 saturated heterocycles. The Balaban J connectivity index is 2.07. The molecule has 3 heterocycles. The predicted octanol–water partition coefficient (Wildman–Crippen LogP) is -1.22. The minimum atomic E-state index is -1.21. The van der Waals surface area contributed by atoms with Crippen molar-refractivity contribution < 1.29 is 20.1 Å². The van der Waals surface area contributed by atoms with E-state index in [9.17, 15) is 10.2 Å². The van der Waals surface area contributed by atoms with Crippen LogP contribution in [0.2, 0.25) is 0 Å². The van der Waals surface area contributed by atoms with Gasteiger partial charge in [-0.3, -0.25) is 4.57 Å². The van der Waals surface area contributed by atoms with Gasteiger partial charge in [0, 0.05) is 0 Å². The van der Waals surface area contributed by atoms with Gasteiger partial charge >= 0.3 is 0 Å². The van der Waals surface area contributed by atoms with Crippen molar-refractivity contribution in [1.29, 1.82) is 0 Å². The van der Waals surface area contributed by atoms with E-state index in [1.165, 1.54) is 10.9 Å². The Morgan fingerprint density at radius 1 is 1.35 bits per heavy atom. The maximum atomic E-state index is 10.0. The molecule has 2 aromatic heterocycles. The van der Waals surface area contributed by atoms with Gasteiger partial charge in [-0.05, 0) is 15.9 Å². The van der Waals surface area contributed by atoms with Gasteiger partial charge in [0.05, 0.1) is 12.9 Å². The lowest BCUT2D eigenvalue weighted by Gasteiger charge is -2.16. The number of aliphatic hydroxyl groups is 3. The summed E-state index contributed by atoms with van der Waals surface area (Å²) in [6.45, 7) is -0.401. The van der Waals surface area contributed by atoms with Gasteiger partial charge in [-0.1, -0.05) is 0 Å². The summed E-state index contributed by atoms with van der Waals surface area (Å²) < 4.78 is 7.14. The summed E-state index contributed by atoms with van der Waals surface area (Å²) in [4.78, 5) is 12.1. The van der Waals surface area contributed by atoms with Crippen LogP contribution in [0.4, 0.5) is 5.82 Å². The molecule has 10 heteroatoms. The van der Waals surface area contributed by atoms with Gasteiger partial charge < -0.3 is 25.8 Å². The zero-order valence-electron chi connectivity index (χ0n) is 10.1. The predicted molar refractivity (Wildman–Crippen MR) is 70.4 cm³/mol. The molecule has 0 saturated carbocycles. The van der Waals surface area contributed by atoms with Gasteiger partial charge in [0.2, 0.25) is 4.73 Å². The first-order chi connectivity index (χ1) is 9.52. The van der Waals surface area contributed by atoms with Crippen molar-refractivity contribution in [1.82, 2.24) is 19.5 Å². The molecule has 108 valence electrons. The second-order valence-electron chi connectivity index (χ2n) is 4.43. The fourth-order valence-electron chi connectivity index (χ4n) is 2.21. The van der Waals surface area contributed by atoms with Crippen molar-refractivity contribution >= 4 is 32.9 Å². The third kappa shape index (κ3) is 1.96. The molecule has 20 heavy (non-hydrogen) atoms. The van der Waals surface area contributed by atoms with Crippen molar-refractivity contribution in [2.24, 2.45) is 0 Å². The van der Waals surface area contributed by atoms with Crippen LogP contribution in [0.1, 0.15) is 6.23 Å². The highest BCUT2D eigenvalue weighted by Crippen LogP contribution is 2.32. The molecule has 1 aliphatic heterocycles. The number of nitrogen functional groups attached to an aromatic ring is 1. The van der Waals surface area contributed by atoms with Crippen molar-refractivity contribution in [2.75, 3.05) is 12.3 Å². The molecule has 0 aromatic carbocycles. The second kappa shape index (κ2) is 4.90. The van der Waals surface area contributed by atoms with E-state index in [4.69, 9.17) is 15.6 Å². The lowest BCUT2D eigenvalue weighted by atomic mass is 10.1. The number of rotatable bonds is 2. The largest absolute Gasteiger partial charge is 0.394 e. The molecule has 0 aliphatic carbocycles. The number of hydrogen-bond acceptors (Lipinski definition) is 8. The summed E-state index contributed by atoms with van der Waals surface area (Å²) in [5.74, 6) is 0.187. The van der Waals surface area contributed by atoms with Gasteiger partial charge in [-0.15, -0.1) is 0 Å². The molecule has 0 radical (unpaired) electrons. The Bertz CT molecular complexity index is 650. The summed E-state index contributed by atoms with van der Waals surface area (Å²) in [5.41, 5.74) is 6.46. The number of aliphatic hydroxyl groups excluding tert-OH is 3. The molecule has 4 atom stereocenters. The monoisotopic (exact) mass is 345 g/mol. The average molecular weight is 346 g/mol. The summed E-state index contributed by atoms with van der Waals surface area (Å²) in [7, 11) is 0. The van der Waals surface area contributed by atoms with E-state index in [0.29, 0.717) is 11.2 Å². The zero-order chi connectivity index (χ0) is 14.4. The van der Waals surface area contributed by atoms with Gasteiger partial charge in [0.1, 0.15) is 23.8 Å². The highest BCUT2D eigenvalue weighted by molar-refractivity contribution is 9.10. The van der Waals surface area contributed by atoms with Gasteiger partial charge in [-0.25, -0.2) is 15.0 Å². The van der Waals surface area contributed by atoms with E-state index in [1.54, 1.807) is 0 Å². The smallest absolute Gasteiger partial charge is 0.200 e. The van der Waals surface area contributed by atoms with Crippen LogP contribution in [-0.4, -0.2) is 59.8 Å². The van der Waals surface area contributed by atoms with Gasteiger partial charge in [0.25, 0.3) is 0 Å². The Kier molecular flexibility index (Phi) is 3.34. The number of anilines is 1. The number of ether oxygens (including phenoxy) is 1. The number of imidazole rings is 1. The highest BCUT2D eigenvalue weighted by atomic mass is 79.9. The summed E-state index contributed by atoms with van der Waals surface area (Å²) >= 11 is 3.13. The normalized spacial score (nSPS) is 30.2. The van der Waals surface area contributed by atoms with E-state index >= 15 is 0 Å². The second-order valence-corrected chi connectivity index (χ2v) is 5.14. The van der Waals surface area contributed by atoms with Crippen molar-refractivity contribution in [3.63, 3.8) is 0 Å². The van der Waals surface area contributed by atoms with E-state index < -0.39 is 31.1 Å². The number of aromatic nitrogens is 4. The molecule has 5 N–H and O–H groups in total. The first-order valence-corrected chi connectivity index (χ1v) is 6.60. The molecular weight excluding hydrogens is 334 g/mol. The summed E-state index contributed by atoms with van der Waals surface area (Å²) in [6.07, 6.45) is -2.78. The van der Waals surface area contributed by atoms with Crippen LogP contribution in [0.25, 0.3) is 11.2 Å². The number of halogens is 1. The number of nitrogens with zero attached hydrogens (tertiary/aromatic N) is 4. The fraction of sp³-hybridized carbons (Fsp3) is 0.500. The molecule has 0 bridgehead atoms. The van der Waals surface area contributed by atoms with Crippen LogP contribution in [0, 0.1) is 0 Å². The van der Waals surface area contributed by atoms with Crippen LogP contribution in [0.5, 0.6) is 0 Å². The summed E-state index contributed by atoms with van der Waals surface area (Å²) in [6, 6.07) is 0. The molecule has 2 aromatic rings. The van der Waals surface area contributed by atoms with Crippen LogP contribution >= 0.6 is 15.9 Å². The lowest BCUT2D eigenvalue weighted by molar-refractivity contribution is -0.0511. The SMILES string of the molecule is Nc1nc(Br)nc2c1ncn2[C@@H]1O[C@H](CO)[C@H](O)[C@H]1O. The molecule has 0 spiro atoms. The number of nitrogens with two attached hydrogens (primary N) is 1. The van der Waals surface area contributed by atoms with Crippen LogP contribution < -0.4 is 5.73 Å². The molecule has 1 aliphatic rings. The van der Waals surface area contributed by atoms with Crippen molar-refractivity contribution in [2.45, 2.75) is 24.5 Å². The maximum absolute atomic E-state index is 10.0. The average Bonchev–Trinajstić information content (AvgIpc) is 2.93. The Labute approximate surface area is 121 Å². The van der Waals surface area contributed by atoms with Crippen molar-refractivity contribution in [3.05, 3.63) is 11.1 Å². The minimum Gasteiger partial charge on any atom is -0.394 e. The lowest BCUT2D eigenvalue weighted by Crippen LogP contribution is -2.33. The topological polar surface area (TPSA) is 140 Å². The van der Waals surface area contributed by atoms with E-state index in [2.05, 4.69) is 30.9 Å². The third-order valence-corrected chi connectivity index (χ3v) is 3.57. The standard InChI is InChI=1S/C10H12BrN5O4/c11-10-14-7(12)4-8(15-10)16(2-13-4)9-6(19)5(18)3(1-17)20-9/h2-3,5-6,9,17-19H,1H2,(H2,12,14,15)/t3-,5+,6-,9-/m1/s1. The first-order valence-electron chi connectivity index (χ1n) is 5.81. The van der Waals surface area contributed by atoms with Gasteiger partial charge in [-0.2, -0.15) is 0 Å². The van der Waals surface area contributed by atoms with E-state index in [0.717, 1.165) is 0 Å².